The van der Waals surface area contributed by atoms with Gasteiger partial charge >= 0.3 is 34.1 Å². The molecule has 14 nitrogen and oxygen atoms in total. The number of hydrogen-bond acceptors (Lipinski definition) is 12. The minimum atomic E-state index is -3.10. The van der Waals surface area contributed by atoms with E-state index in [1.165, 1.54) is 38.0 Å². The molecule has 0 unspecified atom stereocenters. The number of phenolic OH excluding ortho intramolecular Hbond substituents is 1. The van der Waals surface area contributed by atoms with Crippen LogP contribution in [0.25, 0.3) is 0 Å². The van der Waals surface area contributed by atoms with E-state index in [-0.39, 0.29) is 63.2 Å². The molecule has 5 fully saturated rings. The van der Waals surface area contributed by atoms with Gasteiger partial charge in [-0.25, -0.2) is 0 Å². The first-order chi connectivity index (χ1) is 36.1. The molecular formula is C55H66B2F6N2O12. The van der Waals surface area contributed by atoms with Gasteiger partial charge in [-0.3, -0.25) is 19.2 Å². The number of benzene rings is 4. The molecular weight excluding hydrogens is 1020 g/mol. The SMILES string of the molecule is Cc1cc(B(O)O)cc(OC(F)F)c1C(=O)NC1CC1.Cc1cc(B2OC(C)(C)C(C)(C)O2)cc(OC(F)F)c1C(=O)NC1CC1.Cc1cccc(O)c1C(=O)CC1CC1.Cc1cccc(OC(F)F)c1C(=O)CC1CC1. The van der Waals surface area contributed by atoms with E-state index >= 15 is 0 Å². The summed E-state index contributed by atoms with van der Waals surface area (Å²) < 4.78 is 100. The van der Waals surface area contributed by atoms with Gasteiger partial charge in [-0.05, 0) is 176 Å². The fourth-order valence-corrected chi connectivity index (χ4v) is 8.34. The zero-order valence-corrected chi connectivity index (χ0v) is 44.3. The van der Waals surface area contributed by atoms with Crippen LogP contribution in [0.15, 0.2) is 60.7 Å². The maximum absolute atomic E-state index is 12.9. The molecule has 1 aliphatic heterocycles. The molecule has 1 saturated heterocycles. The molecule has 0 spiro atoms. The topological polar surface area (TPSA) is 199 Å². The van der Waals surface area contributed by atoms with Crippen LogP contribution in [0.3, 0.4) is 0 Å². The van der Waals surface area contributed by atoms with E-state index in [4.69, 9.17) is 19.4 Å². The zero-order valence-electron chi connectivity index (χ0n) is 44.3. The Morgan fingerprint density at radius 1 is 0.584 bits per heavy atom. The highest BCUT2D eigenvalue weighted by molar-refractivity contribution is 6.62. The monoisotopic (exact) mass is 1080 g/mol. The van der Waals surface area contributed by atoms with Gasteiger partial charge in [0.2, 0.25) is 0 Å². The van der Waals surface area contributed by atoms with Crippen LogP contribution in [0.5, 0.6) is 23.0 Å². The third-order valence-corrected chi connectivity index (χ3v) is 13.8. The molecule has 0 atom stereocenters. The van der Waals surface area contributed by atoms with Crippen LogP contribution in [0, 0.1) is 39.5 Å². The number of rotatable bonds is 18. The third-order valence-electron chi connectivity index (χ3n) is 13.8. The lowest BCUT2D eigenvalue weighted by molar-refractivity contribution is -0.0509. The molecule has 22 heteroatoms. The van der Waals surface area contributed by atoms with E-state index < -0.39 is 57.1 Å². The summed E-state index contributed by atoms with van der Waals surface area (Å²) in [5.41, 5.74) is 2.77. The van der Waals surface area contributed by atoms with E-state index in [9.17, 15) is 50.6 Å². The summed E-state index contributed by atoms with van der Waals surface area (Å²) in [5, 5.41) is 33.3. The van der Waals surface area contributed by atoms with Crippen molar-refractivity contribution < 1.29 is 84.2 Å². The molecule has 2 amide bonds. The molecule has 4 aromatic carbocycles. The number of nitrogens with one attached hydrogen (secondary N) is 2. The number of ketones is 2. The second-order valence-corrected chi connectivity index (χ2v) is 21.1. The van der Waals surface area contributed by atoms with Crippen molar-refractivity contribution in [2.45, 2.75) is 163 Å². The Kier molecular flexibility index (Phi) is 20.0. The first-order valence-electron chi connectivity index (χ1n) is 25.6. The molecule has 5 aliphatic rings. The molecule has 4 aromatic rings. The number of aromatic hydroxyl groups is 1. The number of carbonyl (C=O) groups excluding carboxylic acids is 4. The highest BCUT2D eigenvalue weighted by Gasteiger charge is 2.52. The summed E-state index contributed by atoms with van der Waals surface area (Å²) in [4.78, 5) is 48.3. The van der Waals surface area contributed by atoms with E-state index in [0.717, 1.165) is 50.2 Å². The average Bonchev–Trinajstić information content (AvgIpc) is 4.07. The Labute approximate surface area is 444 Å². The van der Waals surface area contributed by atoms with Gasteiger partial charge in [0.15, 0.2) is 11.6 Å². The number of phenols is 1. The van der Waals surface area contributed by atoms with E-state index in [1.54, 1.807) is 44.2 Å². The predicted octanol–water partition coefficient (Wildman–Crippen LogP) is 9.22. The molecule has 1 heterocycles. The summed E-state index contributed by atoms with van der Waals surface area (Å²) in [7, 11) is -2.55. The van der Waals surface area contributed by atoms with Crippen LogP contribution in [-0.2, 0) is 9.31 Å². The van der Waals surface area contributed by atoms with Gasteiger partial charge in [-0.2, -0.15) is 26.3 Å². The Morgan fingerprint density at radius 2 is 1.00 bits per heavy atom. The highest BCUT2D eigenvalue weighted by Crippen LogP contribution is 2.39. The number of amides is 2. The van der Waals surface area contributed by atoms with Crippen LogP contribution in [0.1, 0.15) is 156 Å². The largest absolute Gasteiger partial charge is 0.507 e. The lowest BCUT2D eigenvalue weighted by Gasteiger charge is -2.32. The first kappa shape index (κ1) is 60.1. The Hall–Kier alpha value is -6.09. The number of carbonyl (C=O) groups is 4. The molecule has 9 rings (SSSR count). The van der Waals surface area contributed by atoms with Gasteiger partial charge in [0.1, 0.15) is 23.0 Å². The molecule has 0 bridgehead atoms. The molecule has 0 aromatic heterocycles. The fraction of sp³-hybridized carbons (Fsp3) is 0.491. The number of hydrogen-bond donors (Lipinski definition) is 5. The summed E-state index contributed by atoms with van der Waals surface area (Å²) >= 11 is 0. The summed E-state index contributed by atoms with van der Waals surface area (Å²) in [6.07, 6.45) is 9.02. The van der Waals surface area contributed by atoms with Crippen molar-refractivity contribution in [3.8, 4) is 23.0 Å². The van der Waals surface area contributed by atoms with Crippen LogP contribution >= 0.6 is 0 Å². The number of halogens is 6. The van der Waals surface area contributed by atoms with Crippen molar-refractivity contribution in [3.05, 3.63) is 105 Å². The van der Waals surface area contributed by atoms with E-state index in [2.05, 4.69) is 24.8 Å². The predicted molar refractivity (Wildman–Crippen MR) is 276 cm³/mol. The normalized spacial score (nSPS) is 17.0. The molecule has 5 N–H and O–H groups in total. The smallest absolute Gasteiger partial charge is 0.494 e. The lowest BCUT2D eigenvalue weighted by Crippen LogP contribution is -2.41. The van der Waals surface area contributed by atoms with Crippen LogP contribution < -0.4 is 35.8 Å². The van der Waals surface area contributed by atoms with Gasteiger partial charge in [0.25, 0.3) is 11.8 Å². The van der Waals surface area contributed by atoms with Crippen molar-refractivity contribution >= 4 is 48.5 Å². The summed E-state index contributed by atoms with van der Waals surface area (Å²) in [5.74, 6) is -0.321. The highest BCUT2D eigenvalue weighted by atomic mass is 19.3. The van der Waals surface area contributed by atoms with Crippen LogP contribution in [0.2, 0.25) is 0 Å². The van der Waals surface area contributed by atoms with Crippen molar-refractivity contribution in [2.75, 3.05) is 0 Å². The van der Waals surface area contributed by atoms with Gasteiger partial charge in [-0.1, -0.05) is 36.4 Å². The first-order valence-corrected chi connectivity index (χ1v) is 25.6. The van der Waals surface area contributed by atoms with Gasteiger partial charge in [0, 0.05) is 24.9 Å². The van der Waals surface area contributed by atoms with E-state index in [0.29, 0.717) is 58.0 Å². The Morgan fingerprint density at radius 3 is 1.43 bits per heavy atom. The summed E-state index contributed by atoms with van der Waals surface area (Å²) in [6.45, 7) is 5.41. The summed E-state index contributed by atoms with van der Waals surface area (Å²) in [6, 6.07) is 15.7. The minimum Gasteiger partial charge on any atom is -0.507 e. The maximum atomic E-state index is 12.9. The van der Waals surface area contributed by atoms with Gasteiger partial charge in [0.05, 0.1) is 33.5 Å². The number of alkyl halides is 6. The van der Waals surface area contributed by atoms with Crippen molar-refractivity contribution in [1.29, 1.82) is 0 Å². The Balaban J connectivity index is 0.000000171. The zero-order chi connectivity index (χ0) is 56.7. The van der Waals surface area contributed by atoms with Gasteiger partial charge < -0.3 is 49.3 Å². The molecule has 4 saturated carbocycles. The Bertz CT molecular complexity index is 2730. The van der Waals surface area contributed by atoms with E-state index in [1.807, 2.05) is 40.7 Å². The minimum absolute atomic E-state index is 0.00866. The average molecular weight is 1080 g/mol. The quantitative estimate of drug-likeness (QED) is 0.0360. The number of Topliss-reactive ketones (excluding diaryl/α,β-unsaturated/α-hetero) is 2. The molecule has 416 valence electrons. The van der Waals surface area contributed by atoms with Crippen molar-refractivity contribution in [2.24, 2.45) is 11.8 Å². The fourth-order valence-electron chi connectivity index (χ4n) is 8.34. The lowest BCUT2D eigenvalue weighted by atomic mass is 9.77. The van der Waals surface area contributed by atoms with Crippen LogP contribution in [0.4, 0.5) is 26.3 Å². The standard InChI is InChI=1S/C18H24BF2NO4.C13H14F2O2.C12H14BF2NO4.C12H14O2/c1-10-8-11(19-25-17(2,3)18(4,5)26-19)9-13(24-16(20)21)14(10)15(23)22-12-6-7-12;1-8-3-2-4-11(17-13(14)15)12(8)10(16)7-9-5-6-9;1-6-4-7(13(18)19)5-9(20-12(14)15)10(6)11(17)16-8-2-3-8;1-8-3-2-4-10(13)12(8)11(14)7-9-5-6-9/h8-9,12,16H,6-7H2,1-5H3,(H,22,23);2-4,9,13H,5-7H2,1H3;4-5,8,12,18-19H,2-3H2,1H3,(H,16,17);2-4,9,13H,5-7H2,1H3. The van der Waals surface area contributed by atoms with Crippen molar-refractivity contribution in [3.63, 3.8) is 0 Å². The van der Waals surface area contributed by atoms with Crippen molar-refractivity contribution in [1.82, 2.24) is 10.6 Å². The van der Waals surface area contributed by atoms with Gasteiger partial charge in [-0.15, -0.1) is 0 Å². The number of ether oxygens (including phenoxy) is 3. The van der Waals surface area contributed by atoms with Crippen LogP contribution in [-0.4, -0.2) is 95.9 Å². The maximum Gasteiger partial charge on any atom is 0.494 e. The number of aryl methyl sites for hydroxylation is 4. The molecule has 0 radical (unpaired) electrons. The third kappa shape index (κ3) is 17.2. The second-order valence-electron chi connectivity index (χ2n) is 21.1. The molecule has 77 heavy (non-hydrogen) atoms. The second kappa shape index (κ2) is 25.6. The molecule has 4 aliphatic carbocycles.